The number of hydrogen-bond acceptors (Lipinski definition) is 3. The SMILES string of the molecule is CCn1c(C)c(C(=O)NCC2C[C@H]3CC[C@@H](C2)N3CC(=O)NC(C)(C)C)c2ccccc21. The second-order valence-corrected chi connectivity index (χ2v) is 10.6. The second-order valence-electron chi connectivity index (χ2n) is 10.6. The highest BCUT2D eigenvalue weighted by molar-refractivity contribution is 6.08. The summed E-state index contributed by atoms with van der Waals surface area (Å²) in [6.45, 7) is 12.3. The standard InChI is InChI=1S/C26H38N4O2/c1-6-29-17(2)24(21-9-7-8-10-22(21)29)25(32)27-15-18-13-19-11-12-20(14-18)30(19)16-23(31)28-26(3,4)5/h7-10,18-20H,6,11-16H2,1-5H3,(H,27,32)(H,28,31)/t18?,19-,20+. The van der Waals surface area contributed by atoms with Crippen molar-refractivity contribution in [1.82, 2.24) is 20.1 Å². The molecular weight excluding hydrogens is 400 g/mol. The number of hydrogen-bond donors (Lipinski definition) is 2. The maximum atomic E-state index is 13.2. The molecule has 6 heteroatoms. The van der Waals surface area contributed by atoms with Crippen molar-refractivity contribution in [2.24, 2.45) is 5.92 Å². The lowest BCUT2D eigenvalue weighted by molar-refractivity contribution is -0.125. The van der Waals surface area contributed by atoms with Gasteiger partial charge >= 0.3 is 0 Å². The van der Waals surface area contributed by atoms with Gasteiger partial charge < -0.3 is 15.2 Å². The fourth-order valence-corrected chi connectivity index (χ4v) is 5.89. The van der Waals surface area contributed by atoms with Crippen molar-refractivity contribution in [2.45, 2.75) is 84.5 Å². The molecule has 174 valence electrons. The van der Waals surface area contributed by atoms with Crippen LogP contribution in [0.2, 0.25) is 0 Å². The Bertz CT molecular complexity index is 989. The zero-order valence-electron chi connectivity index (χ0n) is 20.2. The van der Waals surface area contributed by atoms with E-state index in [1.54, 1.807) is 0 Å². The first-order valence-corrected chi connectivity index (χ1v) is 12.1. The third-order valence-electron chi connectivity index (χ3n) is 7.15. The van der Waals surface area contributed by atoms with Gasteiger partial charge in [0, 0.05) is 47.3 Å². The number of nitrogens with one attached hydrogen (secondary N) is 2. The molecular formula is C26H38N4O2. The molecule has 32 heavy (non-hydrogen) atoms. The van der Waals surface area contributed by atoms with Gasteiger partial charge in [0.15, 0.2) is 0 Å². The summed E-state index contributed by atoms with van der Waals surface area (Å²) < 4.78 is 2.21. The summed E-state index contributed by atoms with van der Waals surface area (Å²) in [6, 6.07) is 9.06. The van der Waals surface area contributed by atoms with Gasteiger partial charge in [-0.25, -0.2) is 0 Å². The molecule has 4 rings (SSSR count). The minimum atomic E-state index is -0.197. The van der Waals surface area contributed by atoms with E-state index >= 15 is 0 Å². The molecule has 2 aromatic rings. The van der Waals surface area contributed by atoms with Gasteiger partial charge in [0.25, 0.3) is 5.91 Å². The maximum absolute atomic E-state index is 13.2. The molecule has 2 saturated heterocycles. The van der Waals surface area contributed by atoms with Gasteiger partial charge in [0.1, 0.15) is 0 Å². The highest BCUT2D eigenvalue weighted by Gasteiger charge is 2.41. The second kappa shape index (κ2) is 8.89. The molecule has 1 aromatic heterocycles. The van der Waals surface area contributed by atoms with Crippen molar-refractivity contribution in [1.29, 1.82) is 0 Å². The number of para-hydroxylation sites is 1. The van der Waals surface area contributed by atoms with Crippen molar-refractivity contribution in [2.75, 3.05) is 13.1 Å². The van der Waals surface area contributed by atoms with E-state index < -0.39 is 0 Å². The molecule has 0 radical (unpaired) electrons. The first-order valence-electron chi connectivity index (χ1n) is 12.1. The average molecular weight is 439 g/mol. The molecule has 2 amide bonds. The molecule has 1 unspecified atom stereocenters. The lowest BCUT2D eigenvalue weighted by Crippen LogP contribution is -2.52. The van der Waals surface area contributed by atoms with E-state index in [0.29, 0.717) is 31.1 Å². The Morgan fingerprint density at radius 3 is 2.38 bits per heavy atom. The predicted octanol–water partition coefficient (Wildman–Crippen LogP) is 3.86. The molecule has 2 N–H and O–H groups in total. The minimum Gasteiger partial charge on any atom is -0.352 e. The Morgan fingerprint density at radius 1 is 1.09 bits per heavy atom. The van der Waals surface area contributed by atoms with E-state index in [0.717, 1.165) is 54.4 Å². The zero-order valence-corrected chi connectivity index (χ0v) is 20.2. The lowest BCUT2D eigenvalue weighted by Gasteiger charge is -2.39. The molecule has 3 heterocycles. The van der Waals surface area contributed by atoms with E-state index in [1.165, 1.54) is 0 Å². The third-order valence-corrected chi connectivity index (χ3v) is 7.15. The van der Waals surface area contributed by atoms with Gasteiger partial charge in [-0.05, 0) is 72.3 Å². The maximum Gasteiger partial charge on any atom is 0.253 e. The quantitative estimate of drug-likeness (QED) is 0.720. The highest BCUT2D eigenvalue weighted by Crippen LogP contribution is 2.38. The molecule has 0 spiro atoms. The van der Waals surface area contributed by atoms with Crippen LogP contribution in [0.3, 0.4) is 0 Å². The van der Waals surface area contributed by atoms with Gasteiger partial charge in [0.2, 0.25) is 5.91 Å². The van der Waals surface area contributed by atoms with Crippen molar-refractivity contribution < 1.29 is 9.59 Å². The number of fused-ring (bicyclic) bond motifs is 3. The summed E-state index contributed by atoms with van der Waals surface area (Å²) in [5.41, 5.74) is 2.77. The van der Waals surface area contributed by atoms with Gasteiger partial charge in [-0.1, -0.05) is 18.2 Å². The number of aryl methyl sites for hydroxylation is 1. The summed E-state index contributed by atoms with van der Waals surface area (Å²) in [5, 5.41) is 7.37. The van der Waals surface area contributed by atoms with Gasteiger partial charge in [0.05, 0.1) is 12.1 Å². The van der Waals surface area contributed by atoms with E-state index in [-0.39, 0.29) is 17.4 Å². The van der Waals surface area contributed by atoms with Crippen molar-refractivity contribution in [3.8, 4) is 0 Å². The summed E-state index contributed by atoms with van der Waals surface area (Å²) in [6.07, 6.45) is 4.41. The molecule has 0 saturated carbocycles. The molecule has 3 atom stereocenters. The molecule has 6 nitrogen and oxygen atoms in total. The van der Waals surface area contributed by atoms with Crippen LogP contribution in [0.1, 0.15) is 69.4 Å². The zero-order chi connectivity index (χ0) is 23.0. The topological polar surface area (TPSA) is 66.4 Å². The molecule has 2 bridgehead atoms. The molecule has 1 aromatic carbocycles. The fraction of sp³-hybridized carbons (Fsp3) is 0.615. The first-order chi connectivity index (χ1) is 15.2. The van der Waals surface area contributed by atoms with Crippen molar-refractivity contribution in [3.05, 3.63) is 35.5 Å². The van der Waals surface area contributed by atoms with E-state index in [2.05, 4.69) is 33.1 Å². The Morgan fingerprint density at radius 2 is 1.75 bits per heavy atom. The largest absolute Gasteiger partial charge is 0.352 e. The Balaban J connectivity index is 1.38. The van der Waals surface area contributed by atoms with Crippen LogP contribution in [0.15, 0.2) is 24.3 Å². The third kappa shape index (κ3) is 4.56. The number of carbonyl (C=O) groups is 2. The van der Waals surface area contributed by atoms with E-state index in [4.69, 9.17) is 0 Å². The van der Waals surface area contributed by atoms with Crippen molar-refractivity contribution in [3.63, 3.8) is 0 Å². The number of rotatable bonds is 6. The highest BCUT2D eigenvalue weighted by atomic mass is 16.2. The fourth-order valence-electron chi connectivity index (χ4n) is 5.89. The summed E-state index contributed by atoms with van der Waals surface area (Å²) >= 11 is 0. The molecule has 2 aliphatic rings. The Hall–Kier alpha value is -2.34. The van der Waals surface area contributed by atoms with Crippen LogP contribution in [-0.4, -0.2) is 52.0 Å². The summed E-state index contributed by atoms with van der Waals surface area (Å²) in [5.74, 6) is 0.618. The van der Waals surface area contributed by atoms with Crippen molar-refractivity contribution >= 4 is 22.7 Å². The summed E-state index contributed by atoms with van der Waals surface area (Å²) in [7, 11) is 0. The summed E-state index contributed by atoms with van der Waals surface area (Å²) in [4.78, 5) is 28.0. The number of benzene rings is 1. The minimum absolute atomic E-state index is 0.0326. The van der Waals surface area contributed by atoms with Crippen LogP contribution in [-0.2, 0) is 11.3 Å². The van der Waals surface area contributed by atoms with Crippen LogP contribution in [0, 0.1) is 12.8 Å². The normalized spacial score (nSPS) is 23.5. The molecule has 2 fully saturated rings. The molecule has 0 aliphatic carbocycles. The first kappa shape index (κ1) is 22.8. The van der Waals surface area contributed by atoms with Crippen LogP contribution in [0.25, 0.3) is 10.9 Å². The number of piperidine rings is 1. The number of carbonyl (C=O) groups excluding carboxylic acids is 2. The smallest absolute Gasteiger partial charge is 0.253 e. The number of aromatic nitrogens is 1. The van der Waals surface area contributed by atoms with E-state index in [1.807, 2.05) is 45.9 Å². The van der Waals surface area contributed by atoms with Gasteiger partial charge in [-0.15, -0.1) is 0 Å². The Kier molecular flexibility index (Phi) is 6.35. The Labute approximate surface area is 191 Å². The van der Waals surface area contributed by atoms with Crippen LogP contribution in [0.5, 0.6) is 0 Å². The average Bonchev–Trinajstić information content (AvgIpc) is 3.12. The van der Waals surface area contributed by atoms with Crippen LogP contribution in [0.4, 0.5) is 0 Å². The van der Waals surface area contributed by atoms with E-state index in [9.17, 15) is 9.59 Å². The van der Waals surface area contributed by atoms with Crippen LogP contribution < -0.4 is 10.6 Å². The molecule has 2 aliphatic heterocycles. The number of nitrogens with zero attached hydrogens (tertiary/aromatic N) is 2. The van der Waals surface area contributed by atoms with Gasteiger partial charge in [-0.2, -0.15) is 0 Å². The van der Waals surface area contributed by atoms with Crippen LogP contribution >= 0.6 is 0 Å². The monoisotopic (exact) mass is 438 g/mol. The predicted molar refractivity (Wildman–Crippen MR) is 129 cm³/mol. The lowest BCUT2D eigenvalue weighted by atomic mass is 9.90. The number of amides is 2. The van der Waals surface area contributed by atoms with Gasteiger partial charge in [-0.3, -0.25) is 14.5 Å².